The zero-order valence-electron chi connectivity index (χ0n) is 16.3. The summed E-state index contributed by atoms with van der Waals surface area (Å²) in [5.74, 6) is 0.581. The molecule has 1 unspecified atom stereocenters. The van der Waals surface area contributed by atoms with Crippen LogP contribution in [-0.4, -0.2) is 40.9 Å². The molecule has 4 rings (SSSR count). The number of nitrogens with zero attached hydrogens (tertiary/aromatic N) is 3. The lowest BCUT2D eigenvalue weighted by molar-refractivity contribution is -0.387. The number of benzene rings is 2. The molecule has 0 saturated heterocycles. The molecule has 2 heterocycles. The number of carbonyl (C=O) groups is 1. The first kappa shape index (κ1) is 21.4. The molecule has 1 aromatic heterocycles. The summed E-state index contributed by atoms with van der Waals surface area (Å²) in [6.07, 6.45) is 0. The molecule has 2 aromatic carbocycles. The second-order valence-electron chi connectivity index (χ2n) is 6.79. The van der Waals surface area contributed by atoms with E-state index in [0.29, 0.717) is 31.6 Å². The predicted molar refractivity (Wildman–Crippen MR) is 119 cm³/mol. The molecular formula is C19H15N3O6S3. The third kappa shape index (κ3) is 4.31. The highest BCUT2D eigenvalue weighted by molar-refractivity contribution is 8.15. The first-order valence-corrected chi connectivity index (χ1v) is 12.2. The Morgan fingerprint density at radius 1 is 1.26 bits per heavy atom. The van der Waals surface area contributed by atoms with Gasteiger partial charge in [0.05, 0.1) is 15.1 Å². The third-order valence-corrected chi connectivity index (χ3v) is 7.95. The van der Waals surface area contributed by atoms with E-state index in [1.165, 1.54) is 54.3 Å². The molecule has 1 aliphatic heterocycles. The minimum Gasteiger partial charge on any atom is -0.379 e. The number of aryl methyl sites for hydroxylation is 1. The van der Waals surface area contributed by atoms with Crippen LogP contribution in [0.1, 0.15) is 17.5 Å². The maximum Gasteiger partial charge on any atom is 0.346 e. The molecule has 9 nitrogen and oxygen atoms in total. The Bertz CT molecular complexity index is 1360. The van der Waals surface area contributed by atoms with Gasteiger partial charge in [0, 0.05) is 17.9 Å². The SMILES string of the molecule is CC(=O)C1CSC(c2nc3ccc(OS(=O)(=O)c4ccc(C)cc4[N+](=O)[O-])cc3s2)=N1. The molecule has 0 aliphatic carbocycles. The number of nitro benzene ring substituents is 1. The second kappa shape index (κ2) is 8.02. The van der Waals surface area contributed by atoms with Gasteiger partial charge in [0.25, 0.3) is 5.69 Å². The lowest BCUT2D eigenvalue weighted by atomic mass is 10.2. The van der Waals surface area contributed by atoms with Crippen molar-refractivity contribution in [2.75, 3.05) is 5.75 Å². The average Bonchev–Trinajstić information content (AvgIpc) is 3.34. The van der Waals surface area contributed by atoms with Gasteiger partial charge in [-0.2, -0.15) is 8.42 Å². The standard InChI is InChI=1S/C19H15N3O6S3/c1-10-3-6-17(15(7-10)22(24)25)31(26,27)28-12-4-5-13-16(8-12)30-19(20-13)18-21-14(9-29-18)11(2)23/h3-8,14H,9H2,1-2H3. The van der Waals surface area contributed by atoms with Crippen molar-refractivity contribution in [2.24, 2.45) is 4.99 Å². The van der Waals surface area contributed by atoms with Crippen molar-refractivity contribution in [2.45, 2.75) is 24.8 Å². The summed E-state index contributed by atoms with van der Waals surface area (Å²) in [6, 6.07) is 7.99. The maximum absolute atomic E-state index is 12.7. The van der Waals surface area contributed by atoms with Crippen molar-refractivity contribution in [1.29, 1.82) is 0 Å². The van der Waals surface area contributed by atoms with Gasteiger partial charge < -0.3 is 4.18 Å². The van der Waals surface area contributed by atoms with E-state index in [2.05, 4.69) is 9.98 Å². The van der Waals surface area contributed by atoms with Gasteiger partial charge in [-0.25, -0.2) is 4.98 Å². The number of Topliss-reactive ketones (excluding diaryl/α,β-unsaturated/α-hetero) is 1. The van der Waals surface area contributed by atoms with Crippen molar-refractivity contribution in [3.63, 3.8) is 0 Å². The topological polar surface area (TPSA) is 129 Å². The lowest BCUT2D eigenvalue weighted by Gasteiger charge is -2.08. The van der Waals surface area contributed by atoms with Crippen LogP contribution in [0.3, 0.4) is 0 Å². The highest BCUT2D eigenvalue weighted by atomic mass is 32.2. The Balaban J connectivity index is 1.65. The number of aromatic nitrogens is 1. The zero-order valence-corrected chi connectivity index (χ0v) is 18.7. The fourth-order valence-electron chi connectivity index (χ4n) is 2.90. The van der Waals surface area contributed by atoms with E-state index in [1.54, 1.807) is 13.0 Å². The van der Waals surface area contributed by atoms with Crippen molar-refractivity contribution >= 4 is 59.9 Å². The van der Waals surface area contributed by atoms with Gasteiger partial charge in [0.2, 0.25) is 0 Å². The number of hydrogen-bond acceptors (Lipinski definition) is 10. The molecule has 0 bridgehead atoms. The lowest BCUT2D eigenvalue weighted by Crippen LogP contribution is -2.14. The summed E-state index contributed by atoms with van der Waals surface area (Å²) in [5.41, 5.74) is 0.641. The Labute approximate surface area is 185 Å². The molecule has 31 heavy (non-hydrogen) atoms. The number of nitro groups is 1. The van der Waals surface area contributed by atoms with Crippen LogP contribution in [0.15, 0.2) is 46.3 Å². The first-order valence-electron chi connectivity index (χ1n) is 8.95. The molecular weight excluding hydrogens is 462 g/mol. The number of thiazole rings is 1. The number of rotatable bonds is 6. The minimum absolute atomic E-state index is 0.00490. The molecule has 12 heteroatoms. The van der Waals surface area contributed by atoms with E-state index in [1.807, 2.05) is 0 Å². The van der Waals surface area contributed by atoms with Crippen molar-refractivity contribution in [3.8, 4) is 5.75 Å². The van der Waals surface area contributed by atoms with E-state index in [-0.39, 0.29) is 17.6 Å². The summed E-state index contributed by atoms with van der Waals surface area (Å²) in [4.78, 5) is 30.4. The Morgan fingerprint density at radius 2 is 2.03 bits per heavy atom. The molecule has 0 fully saturated rings. The van der Waals surface area contributed by atoms with Crippen LogP contribution in [0.2, 0.25) is 0 Å². The number of thioether (sulfide) groups is 1. The van der Waals surface area contributed by atoms with Crippen LogP contribution < -0.4 is 4.18 Å². The largest absolute Gasteiger partial charge is 0.379 e. The first-order chi connectivity index (χ1) is 14.6. The number of carbonyl (C=O) groups excluding carboxylic acids is 1. The normalized spacial score (nSPS) is 16.3. The fourth-order valence-corrected chi connectivity index (χ4v) is 6.15. The molecule has 0 spiro atoms. The van der Waals surface area contributed by atoms with Crippen LogP contribution in [0.4, 0.5) is 5.69 Å². The van der Waals surface area contributed by atoms with Crippen LogP contribution >= 0.6 is 23.1 Å². The van der Waals surface area contributed by atoms with E-state index in [9.17, 15) is 23.3 Å². The van der Waals surface area contributed by atoms with Gasteiger partial charge in [-0.15, -0.1) is 23.1 Å². The van der Waals surface area contributed by atoms with Gasteiger partial charge in [0.15, 0.2) is 10.7 Å². The molecule has 3 aromatic rings. The molecule has 160 valence electrons. The molecule has 1 aliphatic rings. The number of aliphatic imine (C=N–C) groups is 1. The highest BCUT2D eigenvalue weighted by Crippen LogP contribution is 2.33. The zero-order chi connectivity index (χ0) is 22.3. The smallest absolute Gasteiger partial charge is 0.346 e. The van der Waals surface area contributed by atoms with Gasteiger partial charge in [0.1, 0.15) is 21.8 Å². The predicted octanol–water partition coefficient (Wildman–Crippen LogP) is 3.73. The Hall–Kier alpha value is -2.83. The summed E-state index contributed by atoms with van der Waals surface area (Å²) in [6.45, 7) is 3.13. The van der Waals surface area contributed by atoms with Gasteiger partial charge >= 0.3 is 10.1 Å². The van der Waals surface area contributed by atoms with Gasteiger partial charge in [-0.3, -0.25) is 19.9 Å². The fraction of sp³-hybridized carbons (Fsp3) is 0.211. The summed E-state index contributed by atoms with van der Waals surface area (Å²) < 4.78 is 31.2. The molecule has 0 radical (unpaired) electrons. The van der Waals surface area contributed by atoms with E-state index < -0.39 is 25.6 Å². The van der Waals surface area contributed by atoms with Crippen LogP contribution in [0.25, 0.3) is 10.2 Å². The molecule has 1 atom stereocenters. The van der Waals surface area contributed by atoms with E-state index in [4.69, 9.17) is 4.18 Å². The monoisotopic (exact) mass is 477 g/mol. The van der Waals surface area contributed by atoms with Crippen molar-refractivity contribution < 1.29 is 22.3 Å². The molecule has 0 saturated carbocycles. The third-order valence-electron chi connectivity index (χ3n) is 4.45. The maximum atomic E-state index is 12.7. The summed E-state index contributed by atoms with van der Waals surface area (Å²) >= 11 is 2.75. The van der Waals surface area contributed by atoms with Crippen LogP contribution in [0, 0.1) is 17.0 Å². The summed E-state index contributed by atoms with van der Waals surface area (Å²) in [5, 5.41) is 12.6. The second-order valence-corrected chi connectivity index (χ2v) is 10.3. The molecule has 0 N–H and O–H groups in total. The van der Waals surface area contributed by atoms with Gasteiger partial charge in [-0.1, -0.05) is 6.07 Å². The number of ketones is 1. The Morgan fingerprint density at radius 3 is 2.71 bits per heavy atom. The quantitative estimate of drug-likeness (QED) is 0.298. The van der Waals surface area contributed by atoms with E-state index >= 15 is 0 Å². The van der Waals surface area contributed by atoms with Crippen LogP contribution in [-0.2, 0) is 14.9 Å². The minimum atomic E-state index is -4.42. The van der Waals surface area contributed by atoms with Crippen molar-refractivity contribution in [3.05, 3.63) is 57.1 Å². The van der Waals surface area contributed by atoms with E-state index in [0.717, 1.165) is 6.07 Å². The number of fused-ring (bicyclic) bond motifs is 1. The summed E-state index contributed by atoms with van der Waals surface area (Å²) in [7, 11) is -4.42. The van der Waals surface area contributed by atoms with Crippen LogP contribution in [0.5, 0.6) is 5.75 Å². The van der Waals surface area contributed by atoms with Gasteiger partial charge in [-0.05, 0) is 37.6 Å². The Kier molecular flexibility index (Phi) is 5.54. The average molecular weight is 478 g/mol. The number of hydrogen-bond donors (Lipinski definition) is 0. The van der Waals surface area contributed by atoms with Crippen molar-refractivity contribution in [1.82, 2.24) is 4.98 Å². The highest BCUT2D eigenvalue weighted by Gasteiger charge is 2.28. The molecule has 0 amide bonds.